The standard InChI is InChI=1S/C13H23N3O2S2/c1-4-15-9-13(5-12(15)6-14)20(17,18)16-7-10(2)19-11(3)8-16/h5,9-11H,4,6-8,14H2,1-3H3. The number of aromatic nitrogens is 1. The van der Waals surface area contributed by atoms with E-state index in [0.717, 1.165) is 12.2 Å². The highest BCUT2D eigenvalue weighted by molar-refractivity contribution is 8.00. The third-order valence-electron chi connectivity index (χ3n) is 3.53. The maximum Gasteiger partial charge on any atom is 0.244 e. The van der Waals surface area contributed by atoms with Crippen molar-refractivity contribution in [3.05, 3.63) is 18.0 Å². The molecule has 0 spiro atoms. The van der Waals surface area contributed by atoms with Crippen LogP contribution in [0.4, 0.5) is 0 Å². The summed E-state index contributed by atoms with van der Waals surface area (Å²) in [6.07, 6.45) is 1.70. The van der Waals surface area contributed by atoms with Gasteiger partial charge in [0.05, 0.1) is 0 Å². The van der Waals surface area contributed by atoms with Crippen LogP contribution in [0.3, 0.4) is 0 Å². The van der Waals surface area contributed by atoms with Gasteiger partial charge < -0.3 is 10.3 Å². The molecule has 2 heterocycles. The zero-order valence-corrected chi connectivity index (χ0v) is 13.9. The quantitative estimate of drug-likeness (QED) is 0.913. The molecule has 0 bridgehead atoms. The zero-order valence-electron chi connectivity index (χ0n) is 12.2. The first-order valence-electron chi connectivity index (χ1n) is 6.93. The molecule has 0 aromatic carbocycles. The second-order valence-electron chi connectivity index (χ2n) is 5.24. The third kappa shape index (κ3) is 3.05. The molecule has 7 heteroatoms. The maximum atomic E-state index is 12.7. The molecule has 114 valence electrons. The second kappa shape index (κ2) is 6.09. The predicted octanol–water partition coefficient (Wildman–Crippen LogP) is 1.48. The molecule has 2 atom stereocenters. The molecule has 20 heavy (non-hydrogen) atoms. The van der Waals surface area contributed by atoms with Gasteiger partial charge in [0, 0.05) is 48.6 Å². The Labute approximate surface area is 125 Å². The van der Waals surface area contributed by atoms with Crippen LogP contribution in [0.1, 0.15) is 26.5 Å². The lowest BCUT2D eigenvalue weighted by atomic mass is 10.4. The Bertz CT molecular complexity index is 537. The fourth-order valence-electron chi connectivity index (χ4n) is 2.61. The van der Waals surface area contributed by atoms with E-state index in [0.29, 0.717) is 35.0 Å². The largest absolute Gasteiger partial charge is 0.349 e. The minimum Gasteiger partial charge on any atom is -0.349 e. The number of hydrogen-bond donors (Lipinski definition) is 1. The summed E-state index contributed by atoms with van der Waals surface area (Å²) < 4.78 is 29.0. The second-order valence-corrected chi connectivity index (χ2v) is 9.06. The van der Waals surface area contributed by atoms with Crippen LogP contribution in [0.25, 0.3) is 0 Å². The van der Waals surface area contributed by atoms with E-state index in [1.807, 2.05) is 23.3 Å². The number of nitrogens with zero attached hydrogens (tertiary/aromatic N) is 2. The summed E-state index contributed by atoms with van der Waals surface area (Å²) in [6.45, 7) is 8.37. The average molecular weight is 317 g/mol. The highest BCUT2D eigenvalue weighted by atomic mass is 32.2. The first kappa shape index (κ1) is 15.9. The summed E-state index contributed by atoms with van der Waals surface area (Å²) in [5.41, 5.74) is 6.53. The minimum atomic E-state index is -3.41. The summed E-state index contributed by atoms with van der Waals surface area (Å²) in [5, 5.41) is 0.659. The molecule has 2 rings (SSSR count). The summed E-state index contributed by atoms with van der Waals surface area (Å²) in [6, 6.07) is 1.70. The summed E-state index contributed by atoms with van der Waals surface area (Å²) in [7, 11) is -3.41. The van der Waals surface area contributed by atoms with E-state index < -0.39 is 10.0 Å². The maximum absolute atomic E-state index is 12.7. The fraction of sp³-hybridized carbons (Fsp3) is 0.692. The first-order valence-corrected chi connectivity index (χ1v) is 9.31. The van der Waals surface area contributed by atoms with Crippen molar-refractivity contribution in [1.29, 1.82) is 0 Å². The third-order valence-corrected chi connectivity index (χ3v) is 6.56. The van der Waals surface area contributed by atoms with Crippen molar-refractivity contribution in [2.75, 3.05) is 13.1 Å². The van der Waals surface area contributed by atoms with Crippen LogP contribution < -0.4 is 5.73 Å². The lowest BCUT2D eigenvalue weighted by Gasteiger charge is -2.33. The molecule has 2 N–H and O–H groups in total. The molecule has 1 aromatic rings. The van der Waals surface area contributed by atoms with Crippen LogP contribution in [-0.2, 0) is 23.1 Å². The SMILES string of the molecule is CCn1cc(S(=O)(=O)N2CC(C)SC(C)C2)cc1CN. The van der Waals surface area contributed by atoms with Gasteiger partial charge >= 0.3 is 0 Å². The Morgan fingerprint density at radius 3 is 2.40 bits per heavy atom. The molecule has 0 radical (unpaired) electrons. The average Bonchev–Trinajstić information content (AvgIpc) is 2.81. The van der Waals surface area contributed by atoms with Gasteiger partial charge in [-0.25, -0.2) is 8.42 Å². The normalized spacial score (nSPS) is 25.0. The lowest BCUT2D eigenvalue weighted by molar-refractivity contribution is 0.405. The van der Waals surface area contributed by atoms with Crippen molar-refractivity contribution in [2.45, 2.75) is 49.3 Å². The number of hydrogen-bond acceptors (Lipinski definition) is 4. The van der Waals surface area contributed by atoms with E-state index in [-0.39, 0.29) is 0 Å². The van der Waals surface area contributed by atoms with E-state index in [4.69, 9.17) is 5.73 Å². The van der Waals surface area contributed by atoms with Gasteiger partial charge in [-0.15, -0.1) is 0 Å². The van der Waals surface area contributed by atoms with Crippen LogP contribution in [0.15, 0.2) is 17.2 Å². The van der Waals surface area contributed by atoms with Crippen molar-refractivity contribution >= 4 is 21.8 Å². The van der Waals surface area contributed by atoms with Gasteiger partial charge in [0.1, 0.15) is 4.90 Å². The van der Waals surface area contributed by atoms with Gasteiger partial charge in [-0.05, 0) is 13.0 Å². The topological polar surface area (TPSA) is 68.3 Å². The van der Waals surface area contributed by atoms with Crippen LogP contribution in [-0.4, -0.2) is 40.9 Å². The molecular formula is C13H23N3O2S2. The predicted molar refractivity (Wildman–Crippen MR) is 83.3 cm³/mol. The van der Waals surface area contributed by atoms with Crippen LogP contribution in [0, 0.1) is 0 Å². The Morgan fingerprint density at radius 1 is 1.35 bits per heavy atom. The molecule has 2 unspecified atom stereocenters. The summed E-state index contributed by atoms with van der Waals surface area (Å²) in [4.78, 5) is 0.367. The lowest BCUT2D eigenvalue weighted by Crippen LogP contribution is -2.43. The van der Waals surface area contributed by atoms with E-state index in [9.17, 15) is 8.42 Å². The highest BCUT2D eigenvalue weighted by Crippen LogP contribution is 2.29. The molecular weight excluding hydrogens is 294 g/mol. The Kier molecular flexibility index (Phi) is 4.84. The number of nitrogens with two attached hydrogens (primary N) is 1. The molecule has 0 aliphatic carbocycles. The van der Waals surface area contributed by atoms with E-state index in [2.05, 4.69) is 13.8 Å². The smallest absolute Gasteiger partial charge is 0.244 e. The fourth-order valence-corrected chi connectivity index (χ4v) is 5.81. The van der Waals surface area contributed by atoms with Gasteiger partial charge in [-0.2, -0.15) is 16.1 Å². The zero-order chi connectivity index (χ0) is 14.9. The molecule has 1 saturated heterocycles. The van der Waals surface area contributed by atoms with Crippen LogP contribution in [0.5, 0.6) is 0 Å². The summed E-state index contributed by atoms with van der Waals surface area (Å²) >= 11 is 1.84. The van der Waals surface area contributed by atoms with Crippen LogP contribution >= 0.6 is 11.8 Å². The molecule has 1 fully saturated rings. The number of thioether (sulfide) groups is 1. The molecule has 0 saturated carbocycles. The molecule has 1 aromatic heterocycles. The van der Waals surface area contributed by atoms with Crippen molar-refractivity contribution in [1.82, 2.24) is 8.87 Å². The molecule has 5 nitrogen and oxygen atoms in total. The van der Waals surface area contributed by atoms with E-state index in [1.165, 1.54) is 0 Å². The first-order chi connectivity index (χ1) is 9.38. The van der Waals surface area contributed by atoms with Crippen molar-refractivity contribution < 1.29 is 8.42 Å². The van der Waals surface area contributed by atoms with Gasteiger partial charge in [0.25, 0.3) is 0 Å². The van der Waals surface area contributed by atoms with Gasteiger partial charge in [-0.3, -0.25) is 0 Å². The van der Waals surface area contributed by atoms with Crippen LogP contribution in [0.2, 0.25) is 0 Å². The molecule has 0 amide bonds. The Morgan fingerprint density at radius 2 is 1.95 bits per heavy atom. The minimum absolute atomic E-state index is 0.329. The number of rotatable bonds is 4. The van der Waals surface area contributed by atoms with E-state index >= 15 is 0 Å². The summed E-state index contributed by atoms with van der Waals surface area (Å²) in [5.74, 6) is 0. The van der Waals surface area contributed by atoms with Crippen molar-refractivity contribution in [3.63, 3.8) is 0 Å². The highest BCUT2D eigenvalue weighted by Gasteiger charge is 2.32. The van der Waals surface area contributed by atoms with E-state index in [1.54, 1.807) is 16.6 Å². The molecule has 1 aliphatic heterocycles. The van der Waals surface area contributed by atoms with Crippen molar-refractivity contribution in [3.8, 4) is 0 Å². The Hall–Kier alpha value is -0.500. The Balaban J connectivity index is 2.32. The monoisotopic (exact) mass is 317 g/mol. The number of aryl methyl sites for hydroxylation is 1. The van der Waals surface area contributed by atoms with Gasteiger partial charge in [0.15, 0.2) is 0 Å². The van der Waals surface area contributed by atoms with Gasteiger partial charge in [-0.1, -0.05) is 13.8 Å². The number of sulfonamides is 1. The molecule has 1 aliphatic rings. The van der Waals surface area contributed by atoms with Crippen molar-refractivity contribution in [2.24, 2.45) is 5.73 Å². The van der Waals surface area contributed by atoms with Gasteiger partial charge in [0.2, 0.25) is 10.0 Å².